The van der Waals surface area contributed by atoms with Crippen LogP contribution in [-0.4, -0.2) is 6.54 Å². The van der Waals surface area contributed by atoms with Gasteiger partial charge in [-0.2, -0.15) is 0 Å². The van der Waals surface area contributed by atoms with Gasteiger partial charge in [0.15, 0.2) is 0 Å². The molecule has 0 aliphatic heterocycles. The summed E-state index contributed by atoms with van der Waals surface area (Å²) in [5.41, 5.74) is 8.70. The standard InChI is InChI=1S/C6H13N/c1-6(2,3)4-5-7/h4-5H2,1-3H3. The topological polar surface area (TPSA) is 22.3 Å². The molecule has 0 N–H and O–H groups in total. The molecule has 0 aliphatic carbocycles. The minimum atomic E-state index is 0.300. The minimum absolute atomic E-state index is 0.300. The summed E-state index contributed by atoms with van der Waals surface area (Å²) in [5.74, 6) is 0. The van der Waals surface area contributed by atoms with E-state index in [0.717, 1.165) is 6.42 Å². The van der Waals surface area contributed by atoms with Gasteiger partial charge in [-0.3, -0.25) is 0 Å². The summed E-state index contributed by atoms with van der Waals surface area (Å²) in [6.45, 7) is 6.65. The highest BCUT2D eigenvalue weighted by Crippen LogP contribution is 2.16. The fraction of sp³-hybridized carbons (Fsp3) is 1.00. The van der Waals surface area contributed by atoms with Crippen molar-refractivity contribution in [2.24, 2.45) is 5.41 Å². The van der Waals surface area contributed by atoms with Crippen molar-refractivity contribution in [3.05, 3.63) is 0 Å². The summed E-state index contributed by atoms with van der Waals surface area (Å²) >= 11 is 0. The van der Waals surface area contributed by atoms with Crippen LogP contribution >= 0.6 is 0 Å². The molecule has 0 aromatic rings. The first-order chi connectivity index (χ1) is 3.06. The Morgan fingerprint density at radius 1 is 1.29 bits per heavy atom. The zero-order valence-electron chi connectivity index (χ0n) is 5.36. The lowest BCUT2D eigenvalue weighted by molar-refractivity contribution is 0.382. The van der Waals surface area contributed by atoms with Crippen LogP contribution in [-0.2, 0) is 0 Å². The highest BCUT2D eigenvalue weighted by molar-refractivity contribution is 4.59. The molecule has 1 heteroatoms. The van der Waals surface area contributed by atoms with Crippen LogP contribution in [0.1, 0.15) is 27.2 Å². The molecule has 0 saturated heterocycles. The van der Waals surface area contributed by atoms with Gasteiger partial charge in [-0.25, -0.2) is 0 Å². The first-order valence-corrected chi connectivity index (χ1v) is 2.67. The van der Waals surface area contributed by atoms with Crippen LogP contribution in [0.3, 0.4) is 0 Å². The van der Waals surface area contributed by atoms with Gasteiger partial charge < -0.3 is 0 Å². The Hall–Kier alpha value is -0.0400. The summed E-state index contributed by atoms with van der Waals surface area (Å²) in [7, 11) is 0. The fourth-order valence-corrected chi connectivity index (χ4v) is 0.335. The maximum absolute atomic E-state index is 8.40. The Bertz CT molecular complexity index is 42.6. The first kappa shape index (κ1) is 6.96. The summed E-state index contributed by atoms with van der Waals surface area (Å²) in [4.78, 5) is 0. The monoisotopic (exact) mass is 99.1 g/mol. The average Bonchev–Trinajstić information content (AvgIpc) is 1.30. The maximum Gasteiger partial charge on any atom is 0.0326 e. The van der Waals surface area contributed by atoms with Crippen molar-refractivity contribution < 1.29 is 0 Å². The van der Waals surface area contributed by atoms with Crippen LogP contribution in [0.15, 0.2) is 0 Å². The number of rotatable bonds is 1. The van der Waals surface area contributed by atoms with Crippen LogP contribution in [0.25, 0.3) is 0 Å². The van der Waals surface area contributed by atoms with Crippen molar-refractivity contribution in [1.29, 1.82) is 0 Å². The van der Waals surface area contributed by atoms with Gasteiger partial charge in [0.05, 0.1) is 0 Å². The maximum atomic E-state index is 8.40. The first-order valence-electron chi connectivity index (χ1n) is 2.67. The van der Waals surface area contributed by atoms with Gasteiger partial charge in [0.25, 0.3) is 0 Å². The highest BCUT2D eigenvalue weighted by Gasteiger charge is 2.06. The molecule has 0 spiro atoms. The zero-order valence-corrected chi connectivity index (χ0v) is 5.36. The lowest BCUT2D eigenvalue weighted by Crippen LogP contribution is -2.07. The molecule has 0 aliphatic rings. The lowest BCUT2D eigenvalue weighted by atomic mass is 9.93. The van der Waals surface area contributed by atoms with Crippen LogP contribution < -0.4 is 5.73 Å². The molecule has 0 fully saturated rings. The molecule has 0 aromatic heterocycles. The van der Waals surface area contributed by atoms with E-state index in [9.17, 15) is 0 Å². The van der Waals surface area contributed by atoms with E-state index in [4.69, 9.17) is 5.73 Å². The molecule has 7 heavy (non-hydrogen) atoms. The number of hydrogen-bond donors (Lipinski definition) is 0. The molecule has 0 unspecified atom stereocenters. The molecule has 0 heterocycles. The Kier molecular flexibility index (Phi) is 2.30. The second-order valence-corrected chi connectivity index (χ2v) is 3.03. The molecule has 0 bridgehead atoms. The van der Waals surface area contributed by atoms with Crippen LogP contribution in [0, 0.1) is 5.41 Å². The van der Waals surface area contributed by atoms with Crippen molar-refractivity contribution in [2.75, 3.05) is 6.54 Å². The lowest BCUT2D eigenvalue weighted by Gasteiger charge is -2.14. The van der Waals surface area contributed by atoms with Gasteiger partial charge in [0.1, 0.15) is 0 Å². The summed E-state index contributed by atoms with van der Waals surface area (Å²) in [6.07, 6.45) is 0.896. The molecular formula is C6H13N. The van der Waals surface area contributed by atoms with E-state index in [1.54, 1.807) is 0 Å². The Morgan fingerprint density at radius 3 is 1.71 bits per heavy atom. The largest absolute Gasteiger partial charge is 0.145 e. The molecule has 42 valence electrons. The molecule has 0 rings (SSSR count). The number of nitrogens with zero attached hydrogens (tertiary/aromatic N) is 1. The predicted octanol–water partition coefficient (Wildman–Crippen LogP) is 1.49. The predicted molar refractivity (Wildman–Crippen MR) is 31.1 cm³/mol. The Morgan fingerprint density at radius 2 is 1.71 bits per heavy atom. The summed E-state index contributed by atoms with van der Waals surface area (Å²) in [6, 6.07) is 0. The molecular weight excluding hydrogens is 86.1 g/mol. The third-order valence-corrected chi connectivity index (χ3v) is 0.862. The fourth-order valence-electron chi connectivity index (χ4n) is 0.335. The van der Waals surface area contributed by atoms with E-state index in [2.05, 4.69) is 20.8 Å². The molecule has 0 amide bonds. The van der Waals surface area contributed by atoms with E-state index >= 15 is 0 Å². The Balaban J connectivity index is 3.15. The van der Waals surface area contributed by atoms with E-state index in [0.29, 0.717) is 12.0 Å². The second-order valence-electron chi connectivity index (χ2n) is 3.03. The second kappa shape index (κ2) is 2.31. The van der Waals surface area contributed by atoms with E-state index in [1.165, 1.54) is 0 Å². The van der Waals surface area contributed by atoms with Crippen molar-refractivity contribution in [3.63, 3.8) is 0 Å². The molecule has 0 saturated carbocycles. The van der Waals surface area contributed by atoms with Gasteiger partial charge in [0, 0.05) is 6.54 Å². The summed E-state index contributed by atoms with van der Waals surface area (Å²) in [5, 5.41) is 0. The van der Waals surface area contributed by atoms with Crippen LogP contribution in [0.5, 0.6) is 0 Å². The normalized spacial score (nSPS) is 12.0. The smallest absolute Gasteiger partial charge is 0.0326 e. The zero-order chi connectivity index (χ0) is 5.91. The average molecular weight is 99.2 g/mol. The molecule has 0 aromatic carbocycles. The van der Waals surface area contributed by atoms with E-state index < -0.39 is 0 Å². The highest BCUT2D eigenvalue weighted by atomic mass is 14.5. The van der Waals surface area contributed by atoms with Crippen LogP contribution in [0.4, 0.5) is 0 Å². The number of hydrogen-bond acceptors (Lipinski definition) is 0. The quantitative estimate of drug-likeness (QED) is 0.475. The van der Waals surface area contributed by atoms with Gasteiger partial charge >= 0.3 is 0 Å². The SMILES string of the molecule is CC(C)(C)CC[N]. The summed E-state index contributed by atoms with van der Waals surface area (Å²) < 4.78 is 0. The molecule has 1 nitrogen and oxygen atoms in total. The van der Waals surface area contributed by atoms with Crippen LogP contribution in [0.2, 0.25) is 0 Å². The van der Waals surface area contributed by atoms with Crippen molar-refractivity contribution in [2.45, 2.75) is 27.2 Å². The van der Waals surface area contributed by atoms with Crippen molar-refractivity contribution in [3.8, 4) is 0 Å². The van der Waals surface area contributed by atoms with Crippen molar-refractivity contribution >= 4 is 0 Å². The molecule has 2 radical (unpaired) electrons. The van der Waals surface area contributed by atoms with E-state index in [-0.39, 0.29) is 0 Å². The van der Waals surface area contributed by atoms with Gasteiger partial charge in [0.2, 0.25) is 0 Å². The third kappa shape index (κ3) is 5.96. The van der Waals surface area contributed by atoms with Gasteiger partial charge in [-0.15, -0.1) is 5.73 Å². The van der Waals surface area contributed by atoms with E-state index in [1.807, 2.05) is 0 Å². The third-order valence-electron chi connectivity index (χ3n) is 0.862. The van der Waals surface area contributed by atoms with Crippen molar-refractivity contribution in [1.82, 2.24) is 5.73 Å². The molecule has 0 atom stereocenters. The van der Waals surface area contributed by atoms with Gasteiger partial charge in [-0.05, 0) is 11.8 Å². The minimum Gasteiger partial charge on any atom is -0.145 e. The van der Waals surface area contributed by atoms with Gasteiger partial charge in [-0.1, -0.05) is 20.8 Å². The Labute approximate surface area is 45.9 Å².